The molecule has 1 aromatic heterocycles. The minimum atomic E-state index is -0.186. The molecule has 1 saturated carbocycles. The summed E-state index contributed by atoms with van der Waals surface area (Å²) in [6, 6.07) is 23.9. The molecule has 188 valence electrons. The monoisotopic (exact) mass is 493 g/mol. The summed E-state index contributed by atoms with van der Waals surface area (Å²) in [6.45, 7) is 1.72. The van der Waals surface area contributed by atoms with Crippen LogP contribution in [0.15, 0.2) is 79.0 Å². The highest BCUT2D eigenvalue weighted by atomic mass is 16.3. The number of hydrogen-bond acceptors (Lipinski definition) is 4. The Morgan fingerprint density at radius 2 is 1.54 bits per heavy atom. The molecule has 2 aliphatic rings. The quantitative estimate of drug-likeness (QED) is 0.340. The molecule has 0 radical (unpaired) electrons. The van der Waals surface area contributed by atoms with Gasteiger partial charge in [0.15, 0.2) is 5.78 Å². The van der Waals surface area contributed by atoms with Crippen molar-refractivity contribution in [3.63, 3.8) is 0 Å². The summed E-state index contributed by atoms with van der Waals surface area (Å²) >= 11 is 0. The van der Waals surface area contributed by atoms with Crippen LogP contribution in [0.1, 0.15) is 41.6 Å². The van der Waals surface area contributed by atoms with Crippen LogP contribution in [0.4, 0.5) is 11.4 Å². The lowest BCUT2D eigenvalue weighted by Crippen LogP contribution is -2.35. The minimum absolute atomic E-state index is 0.0915. The molecule has 2 fully saturated rings. The fraction of sp³-hybridized carbons (Fsp3) is 0.290. The molecular formula is C31H31N3O3. The molecule has 3 aromatic carbocycles. The van der Waals surface area contributed by atoms with Crippen molar-refractivity contribution < 1.29 is 14.7 Å². The zero-order valence-electron chi connectivity index (χ0n) is 20.8. The number of nitrogens with zero attached hydrogens (tertiary/aromatic N) is 2. The highest BCUT2D eigenvalue weighted by Crippen LogP contribution is 2.31. The van der Waals surface area contributed by atoms with Crippen LogP contribution in [0.5, 0.6) is 0 Å². The van der Waals surface area contributed by atoms with Gasteiger partial charge < -0.3 is 19.9 Å². The van der Waals surface area contributed by atoms with E-state index in [0.717, 1.165) is 72.3 Å². The summed E-state index contributed by atoms with van der Waals surface area (Å²) < 4.78 is 2.09. The Bertz CT molecular complexity index is 1430. The molecule has 0 bridgehead atoms. The second-order valence-corrected chi connectivity index (χ2v) is 10.3. The molecule has 6 heteroatoms. The van der Waals surface area contributed by atoms with Gasteiger partial charge in [-0.25, -0.2) is 0 Å². The number of benzene rings is 3. The van der Waals surface area contributed by atoms with E-state index in [2.05, 4.69) is 26.9 Å². The van der Waals surface area contributed by atoms with Gasteiger partial charge in [-0.05, 0) is 91.9 Å². The van der Waals surface area contributed by atoms with Crippen LogP contribution in [0.3, 0.4) is 0 Å². The van der Waals surface area contributed by atoms with E-state index in [4.69, 9.17) is 0 Å². The Morgan fingerprint density at radius 3 is 2.24 bits per heavy atom. The largest absolute Gasteiger partial charge is 0.393 e. The zero-order valence-corrected chi connectivity index (χ0v) is 20.8. The lowest BCUT2D eigenvalue weighted by molar-refractivity contribution is -0.117. The molecule has 0 atom stereocenters. The Morgan fingerprint density at radius 1 is 0.838 bits per heavy atom. The van der Waals surface area contributed by atoms with Crippen LogP contribution in [-0.2, 0) is 11.2 Å². The first-order valence-corrected chi connectivity index (χ1v) is 13.1. The summed E-state index contributed by atoms with van der Waals surface area (Å²) in [5.74, 6) is 0.378. The molecule has 4 aromatic rings. The Hall–Kier alpha value is -3.90. The first-order valence-electron chi connectivity index (χ1n) is 13.1. The fourth-order valence-electron chi connectivity index (χ4n) is 5.08. The van der Waals surface area contributed by atoms with E-state index in [0.29, 0.717) is 12.0 Å². The van der Waals surface area contributed by atoms with E-state index in [1.165, 1.54) is 0 Å². The maximum Gasteiger partial charge on any atom is 0.227 e. The minimum Gasteiger partial charge on any atom is -0.393 e. The standard InChI is InChI=1S/C31H31N3O3/c35-28-14-16-33(17-15-28)26-8-1-21(2-9-26)19-30(36)22-5-10-27(11-6-22)34-18-13-24-20-25(7-12-29(24)34)32-31(37)23-3-4-23/h1-2,5-13,18,20,23,28,35H,3-4,14-17,19H2,(H,32,37). The van der Waals surface area contributed by atoms with Gasteiger partial charge in [-0.15, -0.1) is 0 Å². The number of piperidine rings is 1. The van der Waals surface area contributed by atoms with Crippen LogP contribution < -0.4 is 10.2 Å². The maximum atomic E-state index is 12.9. The first-order chi connectivity index (χ1) is 18.0. The van der Waals surface area contributed by atoms with Crippen molar-refractivity contribution in [3.05, 3.63) is 90.1 Å². The third kappa shape index (κ3) is 5.16. The Balaban J connectivity index is 1.11. The molecular weight excluding hydrogens is 462 g/mol. The van der Waals surface area contributed by atoms with Gasteiger partial charge in [0.1, 0.15) is 0 Å². The topological polar surface area (TPSA) is 74.6 Å². The Labute approximate surface area is 216 Å². The van der Waals surface area contributed by atoms with Gasteiger partial charge >= 0.3 is 0 Å². The number of carbonyl (C=O) groups is 2. The van der Waals surface area contributed by atoms with Gasteiger partial charge in [0.05, 0.1) is 11.6 Å². The van der Waals surface area contributed by atoms with E-state index in [1.54, 1.807) is 0 Å². The predicted molar refractivity (Wildman–Crippen MR) is 147 cm³/mol. The molecule has 1 aliphatic carbocycles. The van der Waals surface area contributed by atoms with Crippen molar-refractivity contribution in [1.29, 1.82) is 0 Å². The number of fused-ring (bicyclic) bond motifs is 1. The molecule has 2 heterocycles. The average molecular weight is 494 g/mol. The molecule has 1 saturated heterocycles. The van der Waals surface area contributed by atoms with Gasteiger partial charge in [0.25, 0.3) is 0 Å². The van der Waals surface area contributed by atoms with Crippen molar-refractivity contribution in [2.75, 3.05) is 23.3 Å². The molecule has 0 unspecified atom stereocenters. The predicted octanol–water partition coefficient (Wildman–Crippen LogP) is 5.37. The van der Waals surface area contributed by atoms with Crippen LogP contribution in [0, 0.1) is 5.92 Å². The SMILES string of the molecule is O=C(Cc1ccc(N2CCC(O)CC2)cc1)c1ccc(-n2ccc3cc(NC(=O)C4CC4)ccc32)cc1. The summed E-state index contributed by atoms with van der Waals surface area (Å²) in [5, 5.41) is 13.8. The number of Topliss-reactive ketones (excluding diaryl/α,β-unsaturated/α-hetero) is 1. The van der Waals surface area contributed by atoms with Gasteiger partial charge in [0, 0.05) is 59.6 Å². The molecule has 37 heavy (non-hydrogen) atoms. The number of amides is 1. The molecule has 1 aliphatic heterocycles. The van der Waals surface area contributed by atoms with Crippen molar-refractivity contribution >= 4 is 34.0 Å². The van der Waals surface area contributed by atoms with Crippen LogP contribution >= 0.6 is 0 Å². The lowest BCUT2D eigenvalue weighted by Gasteiger charge is -2.31. The van der Waals surface area contributed by atoms with Gasteiger partial charge in [-0.2, -0.15) is 0 Å². The second kappa shape index (κ2) is 9.87. The summed E-state index contributed by atoms with van der Waals surface area (Å²) in [5.41, 5.74) is 5.69. The number of rotatable bonds is 7. The zero-order chi connectivity index (χ0) is 25.4. The number of aliphatic hydroxyl groups is 1. The summed E-state index contributed by atoms with van der Waals surface area (Å²) in [6.07, 6.45) is 5.76. The smallest absolute Gasteiger partial charge is 0.227 e. The maximum absolute atomic E-state index is 12.9. The lowest BCUT2D eigenvalue weighted by atomic mass is 10.0. The second-order valence-electron chi connectivity index (χ2n) is 10.3. The van der Waals surface area contributed by atoms with E-state index in [-0.39, 0.29) is 23.7 Å². The van der Waals surface area contributed by atoms with Crippen molar-refractivity contribution in [2.45, 2.75) is 38.2 Å². The van der Waals surface area contributed by atoms with Crippen molar-refractivity contribution in [3.8, 4) is 5.69 Å². The van der Waals surface area contributed by atoms with E-state index in [1.807, 2.05) is 66.9 Å². The first kappa shape index (κ1) is 23.5. The van der Waals surface area contributed by atoms with Crippen LogP contribution in [-0.4, -0.2) is 40.6 Å². The van der Waals surface area contributed by atoms with E-state index in [9.17, 15) is 14.7 Å². The van der Waals surface area contributed by atoms with Crippen molar-refractivity contribution in [1.82, 2.24) is 4.57 Å². The molecule has 1 amide bonds. The van der Waals surface area contributed by atoms with Gasteiger partial charge in [-0.1, -0.05) is 12.1 Å². The van der Waals surface area contributed by atoms with Crippen LogP contribution in [0.2, 0.25) is 0 Å². The number of aliphatic hydroxyl groups excluding tert-OH is 1. The average Bonchev–Trinajstić information content (AvgIpc) is 3.69. The van der Waals surface area contributed by atoms with Crippen molar-refractivity contribution in [2.24, 2.45) is 5.92 Å². The molecule has 2 N–H and O–H groups in total. The van der Waals surface area contributed by atoms with Gasteiger partial charge in [-0.3, -0.25) is 9.59 Å². The van der Waals surface area contributed by atoms with Crippen LogP contribution in [0.25, 0.3) is 16.6 Å². The molecule has 0 spiro atoms. The third-order valence-corrected chi connectivity index (χ3v) is 7.50. The van der Waals surface area contributed by atoms with Gasteiger partial charge in [0.2, 0.25) is 5.91 Å². The highest BCUT2D eigenvalue weighted by molar-refractivity contribution is 5.98. The number of ketones is 1. The number of nitrogens with one attached hydrogen (secondary N) is 1. The van der Waals surface area contributed by atoms with E-state index < -0.39 is 0 Å². The Kier molecular flexibility index (Phi) is 6.26. The highest BCUT2D eigenvalue weighted by Gasteiger charge is 2.29. The number of hydrogen-bond donors (Lipinski definition) is 2. The number of carbonyl (C=O) groups excluding carboxylic acids is 2. The molecule has 6 rings (SSSR count). The summed E-state index contributed by atoms with van der Waals surface area (Å²) in [7, 11) is 0. The fourth-order valence-corrected chi connectivity index (χ4v) is 5.08. The summed E-state index contributed by atoms with van der Waals surface area (Å²) in [4.78, 5) is 27.3. The van der Waals surface area contributed by atoms with E-state index >= 15 is 0 Å². The molecule has 6 nitrogen and oxygen atoms in total. The number of aromatic nitrogens is 1. The third-order valence-electron chi connectivity index (χ3n) is 7.50. The normalized spacial score (nSPS) is 16.2. The number of anilines is 2.